The summed E-state index contributed by atoms with van der Waals surface area (Å²) in [5, 5.41) is 4.68. The first-order chi connectivity index (χ1) is 12.7. The van der Waals surface area contributed by atoms with Gasteiger partial charge in [0.05, 0.1) is 25.5 Å². The molecule has 0 spiro atoms. The molecule has 1 aromatic carbocycles. The number of H-pyrrole nitrogens is 1. The van der Waals surface area contributed by atoms with Gasteiger partial charge < -0.3 is 20.3 Å². The van der Waals surface area contributed by atoms with Crippen molar-refractivity contribution in [3.63, 3.8) is 0 Å². The summed E-state index contributed by atoms with van der Waals surface area (Å²) in [7, 11) is 1.67. The molecular formula is C20H26ClN3O2. The van der Waals surface area contributed by atoms with Gasteiger partial charge in [0.15, 0.2) is 0 Å². The van der Waals surface area contributed by atoms with Crippen molar-refractivity contribution in [1.29, 1.82) is 0 Å². The summed E-state index contributed by atoms with van der Waals surface area (Å²) >= 11 is 6.25. The summed E-state index contributed by atoms with van der Waals surface area (Å²) < 4.78 is 11.4. The molecule has 0 radical (unpaired) electrons. The second-order valence-electron chi connectivity index (χ2n) is 6.75. The Morgan fingerprint density at radius 1 is 1.27 bits per heavy atom. The molecule has 0 bridgehead atoms. The van der Waals surface area contributed by atoms with Gasteiger partial charge in [-0.05, 0) is 42.5 Å². The van der Waals surface area contributed by atoms with E-state index in [0.29, 0.717) is 17.7 Å². The number of rotatable bonds is 7. The third-order valence-corrected chi connectivity index (χ3v) is 5.60. The van der Waals surface area contributed by atoms with Crippen LogP contribution in [0.1, 0.15) is 37.3 Å². The molecular weight excluding hydrogens is 350 g/mol. The molecule has 1 heterocycles. The Labute approximate surface area is 159 Å². The van der Waals surface area contributed by atoms with Gasteiger partial charge in [0.2, 0.25) is 0 Å². The Balaban J connectivity index is 1.65. The van der Waals surface area contributed by atoms with E-state index < -0.39 is 0 Å². The molecule has 1 aliphatic carbocycles. The van der Waals surface area contributed by atoms with Gasteiger partial charge in [-0.15, -0.1) is 0 Å². The van der Waals surface area contributed by atoms with Crippen LogP contribution in [0.2, 0.25) is 5.15 Å². The van der Waals surface area contributed by atoms with Crippen LogP contribution in [0.5, 0.6) is 5.75 Å². The number of nitrogens with one attached hydrogen (secondary N) is 1. The van der Waals surface area contributed by atoms with Gasteiger partial charge in [-0.25, -0.2) is 0 Å². The van der Waals surface area contributed by atoms with Crippen LogP contribution in [0.3, 0.4) is 0 Å². The van der Waals surface area contributed by atoms with Crippen LogP contribution in [0.4, 0.5) is 0 Å². The summed E-state index contributed by atoms with van der Waals surface area (Å²) in [6.07, 6.45) is 5.00. The summed E-state index contributed by atoms with van der Waals surface area (Å²) in [6, 6.07) is 9.92. The second-order valence-corrected chi connectivity index (χ2v) is 7.12. The van der Waals surface area contributed by atoms with Gasteiger partial charge in [0.25, 0.3) is 0 Å². The number of hydrazone groups is 1. The molecule has 2 aromatic rings. The van der Waals surface area contributed by atoms with Crippen LogP contribution < -0.4 is 10.6 Å². The number of benzene rings is 1. The molecule has 0 saturated heterocycles. The Hall–Kier alpha value is -1.98. The number of halogens is 1. The first-order valence-electron chi connectivity index (χ1n) is 9.01. The fraction of sp³-hybridized carbons (Fsp3) is 0.450. The number of nitrogens with two attached hydrogens (primary N) is 1. The minimum Gasteiger partial charge on any atom is -0.497 e. The van der Waals surface area contributed by atoms with Gasteiger partial charge in [-0.3, -0.25) is 0 Å². The number of ether oxygens (including phenoxy) is 2. The number of methoxy groups -OCH3 is 1. The van der Waals surface area contributed by atoms with Crippen molar-refractivity contribution in [3.8, 4) is 5.75 Å². The standard InChI is InChI=1S/C20H26ClN3O2/c1-3-14-10-16(26-12-13-4-6-15(25-2)7-5-13)11-18(14)19(24-22)17-8-9-23-20(17)21/h4-9,14,16,18,23H,3,10-12,22H2,1-2H3. The highest BCUT2D eigenvalue weighted by molar-refractivity contribution is 6.33. The topological polar surface area (TPSA) is 72.6 Å². The molecule has 3 rings (SSSR count). The van der Waals surface area contributed by atoms with Gasteiger partial charge in [0.1, 0.15) is 10.9 Å². The second kappa shape index (κ2) is 8.60. The highest BCUT2D eigenvalue weighted by Crippen LogP contribution is 2.39. The number of nitrogens with zero attached hydrogens (tertiary/aromatic N) is 1. The smallest absolute Gasteiger partial charge is 0.118 e. The highest BCUT2D eigenvalue weighted by Gasteiger charge is 2.38. The maximum atomic E-state index is 6.25. The molecule has 6 heteroatoms. The van der Waals surface area contributed by atoms with Crippen molar-refractivity contribution in [2.75, 3.05) is 7.11 Å². The molecule has 3 unspecified atom stereocenters. The lowest BCUT2D eigenvalue weighted by Gasteiger charge is -2.19. The van der Waals surface area contributed by atoms with Crippen molar-refractivity contribution < 1.29 is 9.47 Å². The average Bonchev–Trinajstić information content (AvgIpc) is 3.28. The summed E-state index contributed by atoms with van der Waals surface area (Å²) in [5.74, 6) is 7.34. The molecule has 1 aromatic heterocycles. The Kier molecular flexibility index (Phi) is 6.22. The molecule has 0 aliphatic heterocycles. The minimum absolute atomic E-state index is 0.196. The van der Waals surface area contributed by atoms with E-state index in [9.17, 15) is 0 Å². The maximum Gasteiger partial charge on any atom is 0.118 e. The van der Waals surface area contributed by atoms with E-state index in [2.05, 4.69) is 17.0 Å². The van der Waals surface area contributed by atoms with Gasteiger partial charge in [-0.1, -0.05) is 37.1 Å². The van der Waals surface area contributed by atoms with E-state index in [-0.39, 0.29) is 12.0 Å². The molecule has 26 heavy (non-hydrogen) atoms. The zero-order chi connectivity index (χ0) is 18.5. The van der Waals surface area contributed by atoms with E-state index in [4.69, 9.17) is 26.9 Å². The van der Waals surface area contributed by atoms with Crippen LogP contribution in [-0.2, 0) is 11.3 Å². The molecule has 140 valence electrons. The summed E-state index contributed by atoms with van der Waals surface area (Å²) in [6.45, 7) is 2.80. The number of hydrogen-bond acceptors (Lipinski definition) is 4. The average molecular weight is 376 g/mol. The van der Waals surface area contributed by atoms with E-state index in [1.165, 1.54) is 0 Å². The molecule has 3 N–H and O–H groups in total. The lowest BCUT2D eigenvalue weighted by atomic mass is 9.87. The van der Waals surface area contributed by atoms with Crippen LogP contribution in [0.15, 0.2) is 41.6 Å². The molecule has 1 fully saturated rings. The monoisotopic (exact) mass is 375 g/mol. The van der Waals surface area contributed by atoms with Crippen molar-refractivity contribution >= 4 is 17.3 Å². The van der Waals surface area contributed by atoms with Crippen LogP contribution >= 0.6 is 11.6 Å². The summed E-state index contributed by atoms with van der Waals surface area (Å²) in [5.41, 5.74) is 2.91. The number of hydrogen-bond donors (Lipinski definition) is 2. The van der Waals surface area contributed by atoms with E-state index in [1.54, 1.807) is 7.11 Å². The fourth-order valence-electron chi connectivity index (χ4n) is 3.84. The summed E-state index contributed by atoms with van der Waals surface area (Å²) in [4.78, 5) is 2.99. The van der Waals surface area contributed by atoms with Gasteiger partial charge >= 0.3 is 0 Å². The third-order valence-electron chi connectivity index (χ3n) is 5.28. The van der Waals surface area contributed by atoms with Crippen LogP contribution in [-0.4, -0.2) is 23.9 Å². The predicted octanol–water partition coefficient (Wildman–Crippen LogP) is 4.36. The Morgan fingerprint density at radius 3 is 2.62 bits per heavy atom. The van der Waals surface area contributed by atoms with Crippen molar-refractivity contribution in [3.05, 3.63) is 52.8 Å². The predicted molar refractivity (Wildman–Crippen MR) is 105 cm³/mol. The third kappa shape index (κ3) is 4.05. The van der Waals surface area contributed by atoms with Crippen LogP contribution in [0, 0.1) is 11.8 Å². The van der Waals surface area contributed by atoms with Crippen LogP contribution in [0.25, 0.3) is 0 Å². The van der Waals surface area contributed by atoms with Gasteiger partial charge in [-0.2, -0.15) is 5.10 Å². The highest BCUT2D eigenvalue weighted by atomic mass is 35.5. The first-order valence-corrected chi connectivity index (χ1v) is 9.39. The lowest BCUT2D eigenvalue weighted by Crippen LogP contribution is -2.21. The quantitative estimate of drug-likeness (QED) is 0.429. The molecule has 3 atom stereocenters. The zero-order valence-electron chi connectivity index (χ0n) is 15.2. The Bertz CT molecular complexity index is 742. The van der Waals surface area contributed by atoms with E-state index in [1.807, 2.05) is 36.5 Å². The minimum atomic E-state index is 0.196. The van der Waals surface area contributed by atoms with Crippen molar-refractivity contribution in [2.45, 2.75) is 38.9 Å². The maximum absolute atomic E-state index is 6.25. The van der Waals surface area contributed by atoms with E-state index in [0.717, 1.165) is 41.9 Å². The lowest BCUT2D eigenvalue weighted by molar-refractivity contribution is 0.0421. The normalized spacial score (nSPS) is 23.3. The largest absolute Gasteiger partial charge is 0.497 e. The first kappa shape index (κ1) is 18.8. The molecule has 0 amide bonds. The van der Waals surface area contributed by atoms with E-state index >= 15 is 0 Å². The number of aromatic nitrogens is 1. The Morgan fingerprint density at radius 2 is 2.04 bits per heavy atom. The van der Waals surface area contributed by atoms with Crippen molar-refractivity contribution in [1.82, 2.24) is 4.98 Å². The molecule has 1 aliphatic rings. The SMILES string of the molecule is CCC1CC(OCc2ccc(OC)cc2)CC1C(=NN)c1cc[nH]c1Cl. The van der Waals surface area contributed by atoms with Crippen molar-refractivity contribution in [2.24, 2.45) is 22.8 Å². The molecule has 5 nitrogen and oxygen atoms in total. The fourth-order valence-corrected chi connectivity index (χ4v) is 4.07. The van der Waals surface area contributed by atoms with Gasteiger partial charge in [0, 0.05) is 17.7 Å². The molecule has 1 saturated carbocycles. The number of aromatic amines is 1. The zero-order valence-corrected chi connectivity index (χ0v) is 16.0.